The number of amides is 1. The fourth-order valence-corrected chi connectivity index (χ4v) is 1.58. The van der Waals surface area contributed by atoms with Crippen molar-refractivity contribution in [2.45, 2.75) is 13.0 Å². The highest BCUT2D eigenvalue weighted by atomic mass is 19.1. The molecule has 0 aliphatic carbocycles. The number of hydrogen-bond acceptors (Lipinski definition) is 4. The molecule has 1 aromatic carbocycles. The zero-order valence-electron chi connectivity index (χ0n) is 10.3. The van der Waals surface area contributed by atoms with Crippen molar-refractivity contribution in [1.82, 2.24) is 9.78 Å². The Morgan fingerprint density at radius 1 is 1.50 bits per heavy atom. The molecule has 1 aromatic heterocycles. The predicted octanol–water partition coefficient (Wildman–Crippen LogP) is 1.96. The summed E-state index contributed by atoms with van der Waals surface area (Å²) in [7, 11) is 0. The van der Waals surface area contributed by atoms with Gasteiger partial charge in [-0.25, -0.2) is 4.39 Å². The maximum atomic E-state index is 12.9. The fraction of sp³-hybridized carbons (Fsp3) is 0.167. The number of anilines is 1. The van der Waals surface area contributed by atoms with Gasteiger partial charge < -0.3 is 5.32 Å². The van der Waals surface area contributed by atoms with Crippen molar-refractivity contribution in [3.8, 4) is 0 Å². The van der Waals surface area contributed by atoms with Crippen LogP contribution in [-0.4, -0.2) is 20.6 Å². The van der Waals surface area contributed by atoms with Crippen LogP contribution in [0.2, 0.25) is 0 Å². The van der Waals surface area contributed by atoms with Gasteiger partial charge in [-0.3, -0.25) is 19.6 Å². The van der Waals surface area contributed by atoms with Crippen molar-refractivity contribution in [3.63, 3.8) is 0 Å². The molecule has 0 spiro atoms. The van der Waals surface area contributed by atoms with Gasteiger partial charge in [0.2, 0.25) is 5.91 Å². The van der Waals surface area contributed by atoms with E-state index >= 15 is 0 Å². The molecule has 0 atom stereocenters. The van der Waals surface area contributed by atoms with E-state index in [1.165, 1.54) is 29.1 Å². The van der Waals surface area contributed by atoms with Crippen molar-refractivity contribution in [3.05, 3.63) is 52.6 Å². The number of benzene rings is 1. The van der Waals surface area contributed by atoms with E-state index in [0.29, 0.717) is 5.69 Å². The van der Waals surface area contributed by atoms with Crippen LogP contribution in [0.4, 0.5) is 15.8 Å². The van der Waals surface area contributed by atoms with Crippen LogP contribution >= 0.6 is 0 Å². The van der Waals surface area contributed by atoms with Crippen molar-refractivity contribution >= 4 is 17.3 Å². The molecule has 104 valence electrons. The van der Waals surface area contributed by atoms with Crippen LogP contribution < -0.4 is 5.32 Å². The smallest absolute Gasteiger partial charge is 0.306 e. The van der Waals surface area contributed by atoms with Crippen LogP contribution in [0.3, 0.4) is 0 Å². The lowest BCUT2D eigenvalue weighted by Crippen LogP contribution is -2.14. The minimum Gasteiger partial charge on any atom is -0.326 e. The summed E-state index contributed by atoms with van der Waals surface area (Å²) in [6, 6.07) is 5.54. The minimum absolute atomic E-state index is 0.0787. The minimum atomic E-state index is -0.559. The number of aryl methyl sites for hydroxylation is 1. The molecule has 1 N–H and O–H groups in total. The Hall–Kier alpha value is -2.77. The van der Waals surface area contributed by atoms with Crippen LogP contribution in [-0.2, 0) is 11.3 Å². The van der Waals surface area contributed by atoms with E-state index in [1.807, 2.05) is 0 Å². The van der Waals surface area contributed by atoms with Gasteiger partial charge in [-0.2, -0.15) is 5.10 Å². The van der Waals surface area contributed by atoms with E-state index in [-0.39, 0.29) is 24.6 Å². The molecular weight excluding hydrogens is 267 g/mol. The second-order valence-electron chi connectivity index (χ2n) is 4.03. The first-order valence-electron chi connectivity index (χ1n) is 5.77. The van der Waals surface area contributed by atoms with Crippen LogP contribution in [0.5, 0.6) is 0 Å². The van der Waals surface area contributed by atoms with Gasteiger partial charge in [0, 0.05) is 18.7 Å². The summed E-state index contributed by atoms with van der Waals surface area (Å²) in [6.07, 6.45) is 2.44. The van der Waals surface area contributed by atoms with Gasteiger partial charge in [-0.1, -0.05) is 6.07 Å². The zero-order valence-corrected chi connectivity index (χ0v) is 10.3. The molecule has 1 heterocycles. The first kappa shape index (κ1) is 13.7. The number of nitrogens with zero attached hydrogens (tertiary/aromatic N) is 3. The number of nitro groups is 1. The van der Waals surface area contributed by atoms with Crippen molar-refractivity contribution in [2.75, 3.05) is 5.32 Å². The molecule has 1 amide bonds. The van der Waals surface area contributed by atoms with Gasteiger partial charge in [0.05, 0.1) is 4.92 Å². The number of nitrogens with one attached hydrogen (secondary N) is 1. The summed E-state index contributed by atoms with van der Waals surface area (Å²) in [4.78, 5) is 21.5. The number of halogens is 1. The number of aromatic nitrogens is 2. The second-order valence-corrected chi connectivity index (χ2v) is 4.03. The third-order valence-corrected chi connectivity index (χ3v) is 2.51. The highest BCUT2D eigenvalue weighted by Gasteiger charge is 2.10. The molecule has 20 heavy (non-hydrogen) atoms. The van der Waals surface area contributed by atoms with Crippen LogP contribution in [0, 0.1) is 15.9 Å². The highest BCUT2D eigenvalue weighted by molar-refractivity contribution is 5.90. The summed E-state index contributed by atoms with van der Waals surface area (Å²) in [5.74, 6) is -0.765. The lowest BCUT2D eigenvalue weighted by atomic mass is 10.3. The van der Waals surface area contributed by atoms with Crippen molar-refractivity contribution in [1.29, 1.82) is 0 Å². The summed E-state index contributed by atoms with van der Waals surface area (Å²) >= 11 is 0. The number of carbonyl (C=O) groups is 1. The zero-order chi connectivity index (χ0) is 14.5. The molecule has 0 aliphatic rings. The second kappa shape index (κ2) is 5.91. The Labute approximate surface area is 113 Å². The van der Waals surface area contributed by atoms with Crippen LogP contribution in [0.1, 0.15) is 6.42 Å². The molecule has 2 aromatic rings. The lowest BCUT2D eigenvalue weighted by molar-refractivity contribution is -0.385. The van der Waals surface area contributed by atoms with Gasteiger partial charge >= 0.3 is 5.69 Å². The van der Waals surface area contributed by atoms with E-state index in [2.05, 4.69) is 10.4 Å². The summed E-state index contributed by atoms with van der Waals surface area (Å²) in [5, 5.41) is 16.8. The van der Waals surface area contributed by atoms with E-state index < -0.39 is 10.7 Å². The average Bonchev–Trinajstić information content (AvgIpc) is 2.85. The normalized spacial score (nSPS) is 10.2. The predicted molar refractivity (Wildman–Crippen MR) is 68.5 cm³/mol. The van der Waals surface area contributed by atoms with Gasteiger partial charge in [0.1, 0.15) is 18.2 Å². The Balaban J connectivity index is 1.87. The summed E-state index contributed by atoms with van der Waals surface area (Å²) < 4.78 is 14.2. The summed E-state index contributed by atoms with van der Waals surface area (Å²) in [5.41, 5.74) is 0.233. The Kier molecular flexibility index (Phi) is 4.04. The molecule has 0 aliphatic heterocycles. The number of carbonyl (C=O) groups excluding carboxylic acids is 1. The first-order valence-corrected chi connectivity index (χ1v) is 5.77. The maximum Gasteiger partial charge on any atom is 0.306 e. The lowest BCUT2D eigenvalue weighted by Gasteiger charge is -2.05. The highest BCUT2D eigenvalue weighted by Crippen LogP contribution is 2.10. The van der Waals surface area contributed by atoms with Gasteiger partial charge in [-0.05, 0) is 18.2 Å². The molecule has 8 heteroatoms. The van der Waals surface area contributed by atoms with Crippen LogP contribution in [0.25, 0.3) is 0 Å². The molecule has 0 saturated carbocycles. The molecule has 0 bridgehead atoms. The Bertz CT molecular complexity index is 641. The summed E-state index contributed by atoms with van der Waals surface area (Å²) in [6.45, 7) is 0.203. The Morgan fingerprint density at radius 2 is 2.30 bits per heavy atom. The van der Waals surface area contributed by atoms with E-state index in [1.54, 1.807) is 6.07 Å². The standard InChI is InChI=1S/C12H11FN4O3/c13-9-2-1-3-10(6-9)15-12(18)4-5-16-8-11(7-14-16)17(19)20/h1-3,6-8H,4-5H2,(H,15,18). The van der Waals surface area contributed by atoms with Crippen LogP contribution in [0.15, 0.2) is 36.7 Å². The first-order chi connectivity index (χ1) is 9.54. The molecule has 0 fully saturated rings. The fourth-order valence-electron chi connectivity index (χ4n) is 1.58. The topological polar surface area (TPSA) is 90.1 Å². The molecule has 0 radical (unpaired) electrons. The SMILES string of the molecule is O=C(CCn1cc([N+](=O)[O-])cn1)Nc1cccc(F)c1. The number of rotatable bonds is 5. The quantitative estimate of drug-likeness (QED) is 0.668. The van der Waals surface area contributed by atoms with E-state index in [9.17, 15) is 19.3 Å². The van der Waals surface area contributed by atoms with Gasteiger partial charge in [0.15, 0.2) is 0 Å². The Morgan fingerprint density at radius 3 is 2.95 bits per heavy atom. The molecule has 0 saturated heterocycles. The molecule has 2 rings (SSSR count). The van der Waals surface area contributed by atoms with Gasteiger partial charge in [-0.15, -0.1) is 0 Å². The van der Waals surface area contributed by atoms with Gasteiger partial charge in [0.25, 0.3) is 0 Å². The monoisotopic (exact) mass is 278 g/mol. The third-order valence-electron chi connectivity index (χ3n) is 2.51. The molecular formula is C12H11FN4O3. The largest absolute Gasteiger partial charge is 0.326 e. The van der Waals surface area contributed by atoms with E-state index in [0.717, 1.165) is 6.20 Å². The molecule has 7 nitrogen and oxygen atoms in total. The van der Waals surface area contributed by atoms with E-state index in [4.69, 9.17) is 0 Å². The third kappa shape index (κ3) is 3.61. The van der Waals surface area contributed by atoms with Crippen molar-refractivity contribution < 1.29 is 14.1 Å². The molecule has 0 unspecified atom stereocenters. The maximum absolute atomic E-state index is 12.9. The number of hydrogen-bond donors (Lipinski definition) is 1. The van der Waals surface area contributed by atoms with Crippen molar-refractivity contribution in [2.24, 2.45) is 0 Å². The average molecular weight is 278 g/mol.